The molecular weight excluding hydrogens is 308 g/mol. The van der Waals surface area contributed by atoms with Crippen LogP contribution in [0, 0.1) is 0 Å². The van der Waals surface area contributed by atoms with E-state index in [9.17, 15) is 4.79 Å². The summed E-state index contributed by atoms with van der Waals surface area (Å²) in [5.74, 6) is 0.915. The normalized spacial score (nSPS) is 18.9. The maximum atomic E-state index is 11.9. The molecule has 0 amide bonds. The maximum Gasteiger partial charge on any atom is 0.293 e. The molecule has 1 aliphatic heterocycles. The third-order valence-electron chi connectivity index (χ3n) is 4.28. The summed E-state index contributed by atoms with van der Waals surface area (Å²) in [5.41, 5.74) is 0.596. The molecule has 0 saturated carbocycles. The average molecular weight is 332 g/mol. The lowest BCUT2D eigenvalue weighted by atomic mass is 10.1. The highest BCUT2D eigenvalue weighted by Gasteiger charge is 2.29. The van der Waals surface area contributed by atoms with Crippen molar-refractivity contribution in [2.75, 3.05) is 13.7 Å². The highest BCUT2D eigenvalue weighted by Crippen LogP contribution is 2.30. The van der Waals surface area contributed by atoms with Gasteiger partial charge in [0.25, 0.3) is 5.56 Å². The van der Waals surface area contributed by atoms with Crippen LogP contribution in [0.2, 0.25) is 0 Å². The third-order valence-corrected chi connectivity index (χ3v) is 4.28. The molecule has 8 nitrogen and oxygen atoms in total. The van der Waals surface area contributed by atoms with Gasteiger partial charge in [0.05, 0.1) is 36.8 Å². The van der Waals surface area contributed by atoms with Crippen LogP contribution in [0.3, 0.4) is 0 Å². The molecule has 0 aliphatic carbocycles. The van der Waals surface area contributed by atoms with Gasteiger partial charge in [0.1, 0.15) is 5.82 Å². The number of nitrogens with one attached hydrogen (secondary N) is 1. The van der Waals surface area contributed by atoms with Crippen molar-refractivity contribution in [1.82, 2.24) is 29.9 Å². The van der Waals surface area contributed by atoms with E-state index in [1.54, 1.807) is 0 Å². The van der Waals surface area contributed by atoms with Gasteiger partial charge in [-0.15, -0.1) is 5.10 Å². The van der Waals surface area contributed by atoms with Crippen molar-refractivity contribution in [3.8, 4) is 5.75 Å². The Labute approximate surface area is 140 Å². The third kappa shape index (κ3) is 3.33. The number of rotatable bonds is 4. The summed E-state index contributed by atoms with van der Waals surface area (Å²) in [6.45, 7) is 7.92. The molecule has 0 spiro atoms. The lowest BCUT2D eigenvalue weighted by Crippen LogP contribution is -2.26. The largest absolute Gasteiger partial charge is 0.490 e. The molecule has 1 fully saturated rings. The summed E-state index contributed by atoms with van der Waals surface area (Å²) in [5, 5.41) is 8.49. The van der Waals surface area contributed by atoms with Crippen LogP contribution in [0.4, 0.5) is 0 Å². The Hall–Kier alpha value is -2.22. The first-order valence-corrected chi connectivity index (χ1v) is 8.17. The molecule has 1 aliphatic rings. The second-order valence-corrected chi connectivity index (χ2v) is 7.12. The SMILES string of the molecule is COc1cnc(C2CCCN2Cc2cn(C(C)(C)C)nn2)[nH]c1=O. The zero-order chi connectivity index (χ0) is 17.3. The van der Waals surface area contributed by atoms with E-state index >= 15 is 0 Å². The van der Waals surface area contributed by atoms with E-state index in [4.69, 9.17) is 4.74 Å². The van der Waals surface area contributed by atoms with Gasteiger partial charge in [-0.1, -0.05) is 5.21 Å². The van der Waals surface area contributed by atoms with Crippen LogP contribution in [-0.4, -0.2) is 43.5 Å². The van der Waals surface area contributed by atoms with Gasteiger partial charge in [-0.3, -0.25) is 9.69 Å². The molecule has 130 valence electrons. The molecule has 2 aromatic rings. The minimum absolute atomic E-state index is 0.0849. The monoisotopic (exact) mass is 332 g/mol. The molecule has 3 rings (SSSR count). The van der Waals surface area contributed by atoms with Crippen molar-refractivity contribution in [3.05, 3.63) is 34.3 Å². The Morgan fingerprint density at radius 3 is 2.83 bits per heavy atom. The lowest BCUT2D eigenvalue weighted by Gasteiger charge is -2.22. The fourth-order valence-corrected chi connectivity index (χ4v) is 2.94. The molecule has 0 aromatic carbocycles. The van der Waals surface area contributed by atoms with Crippen molar-refractivity contribution in [1.29, 1.82) is 0 Å². The topological polar surface area (TPSA) is 88.9 Å². The predicted molar refractivity (Wildman–Crippen MR) is 88.8 cm³/mol. The number of likely N-dealkylation sites (tertiary alicyclic amines) is 1. The van der Waals surface area contributed by atoms with Crippen LogP contribution in [-0.2, 0) is 12.1 Å². The summed E-state index contributed by atoms with van der Waals surface area (Å²) in [6.07, 6.45) is 5.50. The van der Waals surface area contributed by atoms with E-state index < -0.39 is 0 Å². The van der Waals surface area contributed by atoms with Crippen LogP contribution in [0.1, 0.15) is 51.2 Å². The first-order chi connectivity index (χ1) is 11.4. The number of methoxy groups -OCH3 is 1. The molecule has 1 saturated heterocycles. The number of hydrogen-bond acceptors (Lipinski definition) is 6. The molecule has 24 heavy (non-hydrogen) atoms. The van der Waals surface area contributed by atoms with E-state index in [0.29, 0.717) is 12.4 Å². The number of hydrogen-bond donors (Lipinski definition) is 1. The minimum Gasteiger partial charge on any atom is -0.490 e. The zero-order valence-corrected chi connectivity index (χ0v) is 14.6. The summed E-state index contributed by atoms with van der Waals surface area (Å²) in [6, 6.07) is 0.0865. The van der Waals surface area contributed by atoms with Gasteiger partial charge in [-0.2, -0.15) is 0 Å². The zero-order valence-electron chi connectivity index (χ0n) is 14.6. The smallest absolute Gasteiger partial charge is 0.293 e. The Morgan fingerprint density at radius 1 is 1.42 bits per heavy atom. The van der Waals surface area contributed by atoms with Crippen LogP contribution < -0.4 is 10.3 Å². The molecule has 0 radical (unpaired) electrons. The molecular formula is C16H24N6O2. The summed E-state index contributed by atoms with van der Waals surface area (Å²) in [4.78, 5) is 21.4. The highest BCUT2D eigenvalue weighted by atomic mass is 16.5. The van der Waals surface area contributed by atoms with Crippen molar-refractivity contribution < 1.29 is 4.74 Å². The standard InChI is InChI=1S/C16H24N6O2/c1-16(2,3)22-10-11(19-20-22)9-21-7-5-6-12(21)14-17-8-13(24-4)15(23)18-14/h8,10,12H,5-7,9H2,1-4H3,(H,17,18,23). The van der Waals surface area contributed by atoms with Crippen molar-refractivity contribution in [2.24, 2.45) is 0 Å². The first kappa shape index (κ1) is 16.6. The predicted octanol–water partition coefficient (Wildman–Crippen LogP) is 1.46. The second kappa shape index (κ2) is 6.35. The molecule has 8 heteroatoms. The van der Waals surface area contributed by atoms with Gasteiger partial charge in [-0.05, 0) is 40.2 Å². The molecule has 0 bridgehead atoms. The summed E-state index contributed by atoms with van der Waals surface area (Å²) >= 11 is 0. The molecule has 3 heterocycles. The molecule has 1 N–H and O–H groups in total. The second-order valence-electron chi connectivity index (χ2n) is 7.12. The van der Waals surface area contributed by atoms with E-state index in [1.807, 2.05) is 10.9 Å². The quantitative estimate of drug-likeness (QED) is 0.912. The molecule has 1 unspecified atom stereocenters. The van der Waals surface area contributed by atoms with Crippen molar-refractivity contribution in [2.45, 2.75) is 51.7 Å². The highest BCUT2D eigenvalue weighted by molar-refractivity contribution is 5.14. The van der Waals surface area contributed by atoms with E-state index in [1.165, 1.54) is 13.3 Å². The van der Waals surface area contributed by atoms with Gasteiger partial charge < -0.3 is 9.72 Å². The number of H-pyrrole nitrogens is 1. The Bertz CT molecular complexity index is 760. The number of ether oxygens (including phenoxy) is 1. The van der Waals surface area contributed by atoms with E-state index in [2.05, 4.69) is 46.0 Å². The minimum atomic E-state index is -0.243. The molecule has 1 atom stereocenters. The van der Waals surface area contributed by atoms with Crippen LogP contribution in [0.15, 0.2) is 17.2 Å². The lowest BCUT2D eigenvalue weighted by molar-refractivity contribution is 0.236. The van der Waals surface area contributed by atoms with Crippen LogP contribution in [0.5, 0.6) is 5.75 Å². The Kier molecular flexibility index (Phi) is 4.40. The fourth-order valence-electron chi connectivity index (χ4n) is 2.94. The summed E-state index contributed by atoms with van der Waals surface area (Å²) < 4.78 is 6.85. The van der Waals surface area contributed by atoms with E-state index in [0.717, 1.165) is 25.1 Å². The van der Waals surface area contributed by atoms with Crippen molar-refractivity contribution in [3.63, 3.8) is 0 Å². The first-order valence-electron chi connectivity index (χ1n) is 8.17. The van der Waals surface area contributed by atoms with Gasteiger partial charge in [0, 0.05) is 6.54 Å². The van der Waals surface area contributed by atoms with Crippen LogP contribution in [0.25, 0.3) is 0 Å². The van der Waals surface area contributed by atoms with Gasteiger partial charge >= 0.3 is 0 Å². The average Bonchev–Trinajstić information content (AvgIpc) is 3.16. The van der Waals surface area contributed by atoms with Gasteiger partial charge in [0.15, 0.2) is 0 Å². The van der Waals surface area contributed by atoms with Crippen molar-refractivity contribution >= 4 is 0 Å². The van der Waals surface area contributed by atoms with E-state index in [-0.39, 0.29) is 22.9 Å². The number of nitrogens with zero attached hydrogens (tertiary/aromatic N) is 5. The van der Waals surface area contributed by atoms with Crippen LogP contribution >= 0.6 is 0 Å². The fraction of sp³-hybridized carbons (Fsp3) is 0.625. The Morgan fingerprint density at radius 2 is 2.21 bits per heavy atom. The Balaban J connectivity index is 1.77. The number of aromatic amines is 1. The molecule has 2 aromatic heterocycles. The maximum absolute atomic E-state index is 11.9. The summed E-state index contributed by atoms with van der Waals surface area (Å²) in [7, 11) is 1.46. The van der Waals surface area contributed by atoms with Gasteiger partial charge in [0.2, 0.25) is 5.75 Å². The van der Waals surface area contributed by atoms with Gasteiger partial charge in [-0.25, -0.2) is 9.67 Å². The number of aromatic nitrogens is 5.